The molecule has 1 aromatic rings. The third kappa shape index (κ3) is 3.10. The zero-order valence-electron chi connectivity index (χ0n) is 11.0. The fraction of sp³-hybridized carbons (Fsp3) is 0.600. The summed E-state index contributed by atoms with van der Waals surface area (Å²) in [6.45, 7) is 4.05. The molecular weight excluding hydrogens is 263 g/mol. The van der Waals surface area contributed by atoms with Crippen LogP contribution >= 0.6 is 11.6 Å². The van der Waals surface area contributed by atoms with Gasteiger partial charge in [0.15, 0.2) is 0 Å². The van der Waals surface area contributed by atoms with Gasteiger partial charge in [-0.05, 0) is 24.0 Å². The molecule has 1 aliphatic carbocycles. The number of benzene rings is 1. The number of rotatable bonds is 4. The highest BCUT2D eigenvalue weighted by molar-refractivity contribution is 6.31. The first-order chi connectivity index (χ1) is 9.25. The van der Waals surface area contributed by atoms with Crippen LogP contribution in [0.2, 0.25) is 5.02 Å². The minimum atomic E-state index is -0.296. The van der Waals surface area contributed by atoms with E-state index in [2.05, 4.69) is 10.2 Å². The fourth-order valence-electron chi connectivity index (χ4n) is 2.91. The summed E-state index contributed by atoms with van der Waals surface area (Å²) >= 11 is 6.19. The maximum absolute atomic E-state index is 13.7. The maximum Gasteiger partial charge on any atom is 0.142 e. The van der Waals surface area contributed by atoms with Crippen molar-refractivity contribution >= 4 is 11.6 Å². The van der Waals surface area contributed by atoms with Crippen LogP contribution in [-0.4, -0.2) is 31.1 Å². The summed E-state index contributed by atoms with van der Waals surface area (Å²) in [6.07, 6.45) is 3.74. The highest BCUT2D eigenvalue weighted by Crippen LogP contribution is 2.42. The van der Waals surface area contributed by atoms with E-state index in [0.717, 1.165) is 44.1 Å². The molecule has 1 heterocycles. The van der Waals surface area contributed by atoms with Crippen molar-refractivity contribution in [2.75, 3.05) is 26.2 Å². The number of hydrogen-bond acceptors (Lipinski definition) is 2. The molecule has 0 spiro atoms. The number of nitrogens with zero attached hydrogens (tertiary/aromatic N) is 1. The standard InChI is InChI=1S/C15H20ClFN2/c16-15-12(2-1-3-13(15)17)14(10-11-4-5-11)19-8-6-18-7-9-19/h1-3,11,14,18H,4-10H2/t14-/m0/s1. The first kappa shape index (κ1) is 13.3. The van der Waals surface area contributed by atoms with E-state index in [9.17, 15) is 4.39 Å². The third-order valence-electron chi connectivity index (χ3n) is 4.19. The molecule has 4 heteroatoms. The average Bonchev–Trinajstić information content (AvgIpc) is 3.25. The first-order valence-corrected chi connectivity index (χ1v) is 7.52. The second kappa shape index (κ2) is 5.78. The summed E-state index contributed by atoms with van der Waals surface area (Å²) in [5.41, 5.74) is 0.968. The number of halogens is 2. The van der Waals surface area contributed by atoms with Gasteiger partial charge in [-0.25, -0.2) is 4.39 Å². The zero-order valence-corrected chi connectivity index (χ0v) is 11.8. The second-order valence-electron chi connectivity index (χ2n) is 5.62. The Morgan fingerprint density at radius 3 is 2.74 bits per heavy atom. The van der Waals surface area contributed by atoms with Crippen LogP contribution in [0.25, 0.3) is 0 Å². The summed E-state index contributed by atoms with van der Waals surface area (Å²) in [5.74, 6) is 0.509. The van der Waals surface area contributed by atoms with Crippen molar-refractivity contribution in [2.24, 2.45) is 5.92 Å². The Labute approximate surface area is 118 Å². The van der Waals surface area contributed by atoms with Crippen LogP contribution in [0.15, 0.2) is 18.2 Å². The van der Waals surface area contributed by atoms with Crippen LogP contribution in [0, 0.1) is 11.7 Å². The van der Waals surface area contributed by atoms with Gasteiger partial charge in [0.2, 0.25) is 0 Å². The molecule has 2 fully saturated rings. The molecule has 104 valence electrons. The van der Waals surface area contributed by atoms with E-state index >= 15 is 0 Å². The molecular formula is C15H20ClFN2. The zero-order chi connectivity index (χ0) is 13.2. The van der Waals surface area contributed by atoms with E-state index in [1.807, 2.05) is 6.07 Å². The van der Waals surface area contributed by atoms with Crippen molar-refractivity contribution in [3.8, 4) is 0 Å². The summed E-state index contributed by atoms with van der Waals surface area (Å²) in [5, 5.41) is 3.68. The van der Waals surface area contributed by atoms with E-state index in [0.29, 0.717) is 5.02 Å². The molecule has 1 saturated carbocycles. The molecule has 19 heavy (non-hydrogen) atoms. The van der Waals surface area contributed by atoms with Gasteiger partial charge in [-0.3, -0.25) is 4.90 Å². The number of piperazine rings is 1. The summed E-state index contributed by atoms with van der Waals surface area (Å²) < 4.78 is 13.7. The van der Waals surface area contributed by atoms with E-state index in [1.165, 1.54) is 18.9 Å². The minimum Gasteiger partial charge on any atom is -0.314 e. The molecule has 0 bridgehead atoms. The number of hydrogen-bond donors (Lipinski definition) is 1. The predicted octanol–water partition coefficient (Wildman–Crippen LogP) is 3.23. The van der Waals surface area contributed by atoms with Gasteiger partial charge in [-0.15, -0.1) is 0 Å². The summed E-state index contributed by atoms with van der Waals surface area (Å²) in [7, 11) is 0. The predicted molar refractivity (Wildman–Crippen MR) is 75.9 cm³/mol. The van der Waals surface area contributed by atoms with Gasteiger partial charge in [0.25, 0.3) is 0 Å². The van der Waals surface area contributed by atoms with Crippen LogP contribution in [0.4, 0.5) is 4.39 Å². The van der Waals surface area contributed by atoms with E-state index in [-0.39, 0.29) is 11.9 Å². The Hall–Kier alpha value is -0.640. The van der Waals surface area contributed by atoms with Crippen molar-refractivity contribution in [1.82, 2.24) is 10.2 Å². The molecule has 0 aromatic heterocycles. The molecule has 0 radical (unpaired) electrons. The van der Waals surface area contributed by atoms with Gasteiger partial charge < -0.3 is 5.32 Å². The van der Waals surface area contributed by atoms with Crippen LogP contribution < -0.4 is 5.32 Å². The molecule has 0 amide bonds. The highest BCUT2D eigenvalue weighted by atomic mass is 35.5. The molecule has 1 atom stereocenters. The van der Waals surface area contributed by atoms with Gasteiger partial charge in [-0.1, -0.05) is 36.6 Å². The van der Waals surface area contributed by atoms with Gasteiger partial charge in [0.1, 0.15) is 5.82 Å². The molecule has 3 rings (SSSR count). The van der Waals surface area contributed by atoms with Crippen LogP contribution in [0.3, 0.4) is 0 Å². The smallest absolute Gasteiger partial charge is 0.142 e. The second-order valence-corrected chi connectivity index (χ2v) is 6.00. The lowest BCUT2D eigenvalue weighted by molar-refractivity contribution is 0.160. The molecule has 2 nitrogen and oxygen atoms in total. The van der Waals surface area contributed by atoms with Crippen molar-refractivity contribution in [3.05, 3.63) is 34.6 Å². The summed E-state index contributed by atoms with van der Waals surface area (Å²) in [4.78, 5) is 2.45. The fourth-order valence-corrected chi connectivity index (χ4v) is 3.17. The van der Waals surface area contributed by atoms with Crippen molar-refractivity contribution in [1.29, 1.82) is 0 Å². The minimum absolute atomic E-state index is 0.276. The molecule has 2 aliphatic rings. The van der Waals surface area contributed by atoms with Crippen molar-refractivity contribution < 1.29 is 4.39 Å². The molecule has 0 unspecified atom stereocenters. The van der Waals surface area contributed by atoms with Gasteiger partial charge in [0.05, 0.1) is 5.02 Å². The van der Waals surface area contributed by atoms with Crippen molar-refractivity contribution in [2.45, 2.75) is 25.3 Å². The SMILES string of the molecule is Fc1cccc([C@H](CC2CC2)N2CCNCC2)c1Cl. The lowest BCUT2D eigenvalue weighted by Crippen LogP contribution is -2.45. The maximum atomic E-state index is 13.7. The topological polar surface area (TPSA) is 15.3 Å². The Bertz CT molecular complexity index is 442. The lowest BCUT2D eigenvalue weighted by atomic mass is 9.98. The molecule has 1 aliphatic heterocycles. The van der Waals surface area contributed by atoms with Crippen molar-refractivity contribution in [3.63, 3.8) is 0 Å². The van der Waals surface area contributed by atoms with Gasteiger partial charge >= 0.3 is 0 Å². The van der Waals surface area contributed by atoms with E-state index in [4.69, 9.17) is 11.6 Å². The quantitative estimate of drug-likeness (QED) is 0.912. The van der Waals surface area contributed by atoms with E-state index in [1.54, 1.807) is 6.07 Å². The van der Waals surface area contributed by atoms with Crippen LogP contribution in [-0.2, 0) is 0 Å². The molecule has 1 aromatic carbocycles. The van der Waals surface area contributed by atoms with Gasteiger partial charge in [-0.2, -0.15) is 0 Å². The summed E-state index contributed by atoms with van der Waals surface area (Å²) in [6, 6.07) is 5.48. The Balaban J connectivity index is 1.86. The first-order valence-electron chi connectivity index (χ1n) is 7.14. The van der Waals surface area contributed by atoms with Crippen LogP contribution in [0.1, 0.15) is 30.9 Å². The average molecular weight is 283 g/mol. The Kier molecular flexibility index (Phi) is 4.06. The van der Waals surface area contributed by atoms with Crippen LogP contribution in [0.5, 0.6) is 0 Å². The normalized spacial score (nSPS) is 22.4. The largest absolute Gasteiger partial charge is 0.314 e. The van der Waals surface area contributed by atoms with E-state index < -0.39 is 0 Å². The molecule has 1 saturated heterocycles. The Morgan fingerprint density at radius 1 is 1.32 bits per heavy atom. The third-order valence-corrected chi connectivity index (χ3v) is 4.59. The highest BCUT2D eigenvalue weighted by Gasteiger charge is 2.31. The molecule has 1 N–H and O–H groups in total. The van der Waals surface area contributed by atoms with Gasteiger partial charge in [0, 0.05) is 32.2 Å². The lowest BCUT2D eigenvalue weighted by Gasteiger charge is -2.35. The Morgan fingerprint density at radius 2 is 2.05 bits per heavy atom. The monoisotopic (exact) mass is 282 g/mol. The number of nitrogens with one attached hydrogen (secondary N) is 1.